The predicted octanol–water partition coefficient (Wildman–Crippen LogP) is 1.02. The molecule has 2 unspecified atom stereocenters. The molecule has 68 valence electrons. The van der Waals surface area contributed by atoms with Crippen LogP contribution in [0.5, 0.6) is 0 Å². The maximum absolute atomic E-state index is 5.43. The Morgan fingerprint density at radius 1 is 1.75 bits per heavy atom. The Balaban J connectivity index is 2.29. The van der Waals surface area contributed by atoms with E-state index in [2.05, 4.69) is 18.2 Å². The molecular formula is C10H17NO. The van der Waals surface area contributed by atoms with Crippen molar-refractivity contribution < 1.29 is 4.74 Å². The summed E-state index contributed by atoms with van der Waals surface area (Å²) in [6.45, 7) is 4.85. The minimum Gasteiger partial charge on any atom is -0.381 e. The standard InChI is InChI=1S/C10H17NO/c1-3-6-11-10(4-2)9-5-7-12-8-9/h2,9-11H,3,5-8H2,1H3. The number of rotatable bonds is 4. The van der Waals surface area contributed by atoms with E-state index < -0.39 is 0 Å². The molecule has 0 radical (unpaired) electrons. The Hall–Kier alpha value is -0.520. The Morgan fingerprint density at radius 2 is 2.58 bits per heavy atom. The minimum absolute atomic E-state index is 0.215. The van der Waals surface area contributed by atoms with Crippen LogP contribution in [0.25, 0.3) is 0 Å². The van der Waals surface area contributed by atoms with Crippen molar-refractivity contribution in [1.82, 2.24) is 5.32 Å². The number of nitrogens with one attached hydrogen (secondary N) is 1. The van der Waals surface area contributed by atoms with Gasteiger partial charge in [-0.25, -0.2) is 0 Å². The molecule has 0 aromatic heterocycles. The summed E-state index contributed by atoms with van der Waals surface area (Å²) < 4.78 is 5.28. The monoisotopic (exact) mass is 167 g/mol. The smallest absolute Gasteiger partial charge is 0.0738 e. The van der Waals surface area contributed by atoms with Crippen molar-refractivity contribution in [3.05, 3.63) is 0 Å². The molecule has 0 amide bonds. The summed E-state index contributed by atoms with van der Waals surface area (Å²) in [7, 11) is 0. The summed E-state index contributed by atoms with van der Waals surface area (Å²) in [4.78, 5) is 0. The van der Waals surface area contributed by atoms with Crippen LogP contribution < -0.4 is 5.32 Å². The van der Waals surface area contributed by atoms with E-state index in [4.69, 9.17) is 11.2 Å². The molecule has 1 aliphatic rings. The highest BCUT2D eigenvalue weighted by atomic mass is 16.5. The number of ether oxygens (including phenoxy) is 1. The summed E-state index contributed by atoms with van der Waals surface area (Å²) >= 11 is 0. The molecule has 0 aromatic carbocycles. The molecule has 0 aromatic rings. The van der Waals surface area contributed by atoms with E-state index in [9.17, 15) is 0 Å². The van der Waals surface area contributed by atoms with Crippen molar-refractivity contribution in [2.75, 3.05) is 19.8 Å². The first-order chi connectivity index (χ1) is 5.88. The van der Waals surface area contributed by atoms with Crippen LogP contribution in [0.4, 0.5) is 0 Å². The highest BCUT2D eigenvalue weighted by Crippen LogP contribution is 2.15. The second kappa shape index (κ2) is 5.18. The third kappa shape index (κ3) is 2.51. The molecular weight excluding hydrogens is 150 g/mol. The van der Waals surface area contributed by atoms with Crippen molar-refractivity contribution in [3.8, 4) is 12.3 Å². The van der Waals surface area contributed by atoms with Gasteiger partial charge in [-0.1, -0.05) is 12.8 Å². The van der Waals surface area contributed by atoms with Gasteiger partial charge in [0.25, 0.3) is 0 Å². The fourth-order valence-electron chi connectivity index (χ4n) is 1.48. The Bertz CT molecular complexity index is 156. The van der Waals surface area contributed by atoms with E-state index in [1.54, 1.807) is 0 Å². The molecule has 0 bridgehead atoms. The summed E-state index contributed by atoms with van der Waals surface area (Å²) in [6.07, 6.45) is 7.66. The van der Waals surface area contributed by atoms with E-state index in [0.717, 1.165) is 32.6 Å². The van der Waals surface area contributed by atoms with Gasteiger partial charge in [-0.15, -0.1) is 6.42 Å². The normalized spacial score (nSPS) is 25.2. The van der Waals surface area contributed by atoms with Crippen LogP contribution in [0, 0.1) is 18.3 Å². The molecule has 12 heavy (non-hydrogen) atoms. The Morgan fingerprint density at radius 3 is 3.08 bits per heavy atom. The lowest BCUT2D eigenvalue weighted by Gasteiger charge is -2.17. The van der Waals surface area contributed by atoms with E-state index in [1.807, 2.05) is 0 Å². The molecule has 1 heterocycles. The number of hydrogen-bond donors (Lipinski definition) is 1. The fourth-order valence-corrected chi connectivity index (χ4v) is 1.48. The van der Waals surface area contributed by atoms with Crippen molar-refractivity contribution in [3.63, 3.8) is 0 Å². The van der Waals surface area contributed by atoms with Gasteiger partial charge in [-0.3, -0.25) is 0 Å². The lowest BCUT2D eigenvalue weighted by molar-refractivity contribution is 0.181. The van der Waals surface area contributed by atoms with Gasteiger partial charge >= 0.3 is 0 Å². The van der Waals surface area contributed by atoms with Crippen LogP contribution >= 0.6 is 0 Å². The van der Waals surface area contributed by atoms with Gasteiger partial charge in [0.15, 0.2) is 0 Å². The third-order valence-electron chi connectivity index (χ3n) is 2.23. The molecule has 1 rings (SSSR count). The molecule has 1 N–H and O–H groups in total. The summed E-state index contributed by atoms with van der Waals surface area (Å²) in [6, 6.07) is 0.215. The zero-order valence-corrected chi connectivity index (χ0v) is 7.68. The zero-order chi connectivity index (χ0) is 8.81. The van der Waals surface area contributed by atoms with E-state index in [-0.39, 0.29) is 6.04 Å². The van der Waals surface area contributed by atoms with Crippen LogP contribution in [0.1, 0.15) is 19.8 Å². The van der Waals surface area contributed by atoms with Gasteiger partial charge in [0.1, 0.15) is 0 Å². The SMILES string of the molecule is C#CC(NCCC)C1CCOC1. The highest BCUT2D eigenvalue weighted by Gasteiger charge is 2.23. The van der Waals surface area contributed by atoms with Gasteiger partial charge in [0.2, 0.25) is 0 Å². The summed E-state index contributed by atoms with van der Waals surface area (Å²) in [5.41, 5.74) is 0. The Labute approximate surface area is 74.7 Å². The van der Waals surface area contributed by atoms with Gasteiger partial charge < -0.3 is 10.1 Å². The van der Waals surface area contributed by atoms with Crippen LogP contribution in [0.15, 0.2) is 0 Å². The highest BCUT2D eigenvalue weighted by molar-refractivity contribution is 5.02. The average molecular weight is 167 g/mol. The molecule has 0 saturated carbocycles. The molecule has 2 atom stereocenters. The molecule has 1 aliphatic heterocycles. The van der Waals surface area contributed by atoms with Gasteiger partial charge in [-0.2, -0.15) is 0 Å². The van der Waals surface area contributed by atoms with E-state index in [1.165, 1.54) is 0 Å². The lowest BCUT2D eigenvalue weighted by atomic mass is 10.00. The molecule has 0 spiro atoms. The van der Waals surface area contributed by atoms with E-state index >= 15 is 0 Å². The third-order valence-corrected chi connectivity index (χ3v) is 2.23. The topological polar surface area (TPSA) is 21.3 Å². The summed E-state index contributed by atoms with van der Waals surface area (Å²) in [5, 5.41) is 3.34. The first-order valence-electron chi connectivity index (χ1n) is 4.65. The van der Waals surface area contributed by atoms with E-state index in [0.29, 0.717) is 5.92 Å². The van der Waals surface area contributed by atoms with Crippen LogP contribution in [-0.2, 0) is 4.74 Å². The number of terminal acetylenes is 1. The maximum Gasteiger partial charge on any atom is 0.0738 e. The average Bonchev–Trinajstić information content (AvgIpc) is 2.59. The molecule has 1 saturated heterocycles. The lowest BCUT2D eigenvalue weighted by Crippen LogP contribution is -2.35. The van der Waals surface area contributed by atoms with Crippen molar-refractivity contribution in [2.45, 2.75) is 25.8 Å². The fraction of sp³-hybridized carbons (Fsp3) is 0.800. The second-order valence-corrected chi connectivity index (χ2v) is 3.22. The van der Waals surface area contributed by atoms with Crippen molar-refractivity contribution in [2.24, 2.45) is 5.92 Å². The molecule has 2 heteroatoms. The van der Waals surface area contributed by atoms with Gasteiger partial charge in [-0.05, 0) is 19.4 Å². The predicted molar refractivity (Wildman–Crippen MR) is 49.8 cm³/mol. The maximum atomic E-state index is 5.43. The van der Waals surface area contributed by atoms with Crippen LogP contribution in [0.3, 0.4) is 0 Å². The summed E-state index contributed by atoms with van der Waals surface area (Å²) in [5.74, 6) is 3.32. The molecule has 1 fully saturated rings. The van der Waals surface area contributed by atoms with Crippen molar-refractivity contribution >= 4 is 0 Å². The van der Waals surface area contributed by atoms with Gasteiger partial charge in [0.05, 0.1) is 12.6 Å². The molecule has 2 nitrogen and oxygen atoms in total. The quantitative estimate of drug-likeness (QED) is 0.631. The van der Waals surface area contributed by atoms with Crippen molar-refractivity contribution in [1.29, 1.82) is 0 Å². The largest absolute Gasteiger partial charge is 0.381 e. The van der Waals surface area contributed by atoms with Crippen LogP contribution in [-0.4, -0.2) is 25.8 Å². The first kappa shape index (κ1) is 9.57. The number of hydrogen-bond acceptors (Lipinski definition) is 2. The van der Waals surface area contributed by atoms with Gasteiger partial charge in [0, 0.05) is 12.5 Å². The second-order valence-electron chi connectivity index (χ2n) is 3.22. The molecule has 0 aliphatic carbocycles. The van der Waals surface area contributed by atoms with Crippen LogP contribution in [0.2, 0.25) is 0 Å². The Kier molecular flexibility index (Phi) is 4.13. The first-order valence-corrected chi connectivity index (χ1v) is 4.65. The minimum atomic E-state index is 0.215. The zero-order valence-electron chi connectivity index (χ0n) is 7.68.